The number of rotatable bonds is 2. The van der Waals surface area contributed by atoms with Gasteiger partial charge in [-0.15, -0.1) is 0 Å². The molecule has 0 amide bonds. The molecule has 3 aromatic rings. The van der Waals surface area contributed by atoms with Gasteiger partial charge < -0.3 is 13.9 Å². The Hall–Kier alpha value is -1.59. The SMILES string of the molecule is OCc1ccc2nc(-c3ccc(Br)o3)oc2c1. The zero-order valence-electron chi connectivity index (χ0n) is 8.68. The molecule has 1 N–H and O–H groups in total. The van der Waals surface area contributed by atoms with Crippen LogP contribution in [0.2, 0.25) is 0 Å². The second kappa shape index (κ2) is 4.01. The Morgan fingerprint density at radius 1 is 1.18 bits per heavy atom. The molecule has 0 aliphatic carbocycles. The summed E-state index contributed by atoms with van der Waals surface area (Å²) >= 11 is 3.23. The Bertz CT molecular complexity index is 671. The zero-order chi connectivity index (χ0) is 11.8. The summed E-state index contributed by atoms with van der Waals surface area (Å²) in [6.07, 6.45) is 0. The quantitative estimate of drug-likeness (QED) is 0.787. The van der Waals surface area contributed by atoms with E-state index in [0.717, 1.165) is 11.1 Å². The summed E-state index contributed by atoms with van der Waals surface area (Å²) in [4.78, 5) is 4.31. The number of hydrogen-bond donors (Lipinski definition) is 1. The van der Waals surface area contributed by atoms with Crippen molar-refractivity contribution in [2.75, 3.05) is 0 Å². The Kier molecular flexibility index (Phi) is 2.49. The van der Waals surface area contributed by atoms with Crippen LogP contribution in [0.3, 0.4) is 0 Å². The number of furan rings is 1. The van der Waals surface area contributed by atoms with Crippen molar-refractivity contribution in [1.29, 1.82) is 0 Å². The van der Waals surface area contributed by atoms with Gasteiger partial charge in [0.15, 0.2) is 16.0 Å². The smallest absolute Gasteiger partial charge is 0.263 e. The van der Waals surface area contributed by atoms with E-state index in [1.165, 1.54) is 0 Å². The van der Waals surface area contributed by atoms with Gasteiger partial charge in [0.2, 0.25) is 0 Å². The van der Waals surface area contributed by atoms with Crippen molar-refractivity contribution in [3.05, 3.63) is 40.6 Å². The van der Waals surface area contributed by atoms with Crippen LogP contribution in [0, 0.1) is 0 Å². The summed E-state index contributed by atoms with van der Waals surface area (Å²) in [7, 11) is 0. The molecule has 0 radical (unpaired) electrons. The number of nitrogens with zero attached hydrogens (tertiary/aromatic N) is 1. The predicted molar refractivity (Wildman–Crippen MR) is 65.3 cm³/mol. The van der Waals surface area contributed by atoms with Gasteiger partial charge in [-0.1, -0.05) is 6.07 Å². The molecule has 0 atom stereocenters. The van der Waals surface area contributed by atoms with Crippen LogP contribution in [0.4, 0.5) is 0 Å². The van der Waals surface area contributed by atoms with Crippen molar-refractivity contribution < 1.29 is 13.9 Å². The molecule has 3 rings (SSSR count). The van der Waals surface area contributed by atoms with Crippen LogP contribution in [-0.4, -0.2) is 10.1 Å². The lowest BCUT2D eigenvalue weighted by molar-refractivity contribution is 0.282. The molecule has 0 spiro atoms. The maximum absolute atomic E-state index is 9.04. The van der Waals surface area contributed by atoms with E-state index >= 15 is 0 Å². The molecule has 0 saturated carbocycles. The molecule has 0 fully saturated rings. The van der Waals surface area contributed by atoms with Crippen LogP contribution in [0.1, 0.15) is 5.56 Å². The highest BCUT2D eigenvalue weighted by Crippen LogP contribution is 2.28. The third kappa shape index (κ3) is 1.87. The van der Waals surface area contributed by atoms with E-state index in [9.17, 15) is 0 Å². The van der Waals surface area contributed by atoms with Gasteiger partial charge in [-0.25, -0.2) is 4.98 Å². The maximum Gasteiger partial charge on any atom is 0.263 e. The first-order valence-corrected chi connectivity index (χ1v) is 5.81. The fourth-order valence-electron chi connectivity index (χ4n) is 1.60. The van der Waals surface area contributed by atoms with E-state index in [1.807, 2.05) is 12.1 Å². The lowest BCUT2D eigenvalue weighted by atomic mass is 10.2. The van der Waals surface area contributed by atoms with Gasteiger partial charge in [0.05, 0.1) is 6.61 Å². The second-order valence-corrected chi connectivity index (χ2v) is 4.36. The molecule has 17 heavy (non-hydrogen) atoms. The van der Waals surface area contributed by atoms with Crippen LogP contribution < -0.4 is 0 Å². The van der Waals surface area contributed by atoms with E-state index in [4.69, 9.17) is 13.9 Å². The molecule has 0 saturated heterocycles. The van der Waals surface area contributed by atoms with Crippen molar-refractivity contribution >= 4 is 27.0 Å². The minimum Gasteiger partial charge on any atom is -0.444 e. The zero-order valence-corrected chi connectivity index (χ0v) is 10.3. The van der Waals surface area contributed by atoms with Gasteiger partial charge in [0, 0.05) is 0 Å². The van der Waals surface area contributed by atoms with Gasteiger partial charge in [-0.3, -0.25) is 0 Å². The summed E-state index contributed by atoms with van der Waals surface area (Å²) in [5.74, 6) is 0.999. The standard InChI is InChI=1S/C12H8BrNO3/c13-11-4-3-9(16-11)12-14-8-2-1-7(6-15)5-10(8)17-12/h1-5,15H,6H2. The Morgan fingerprint density at radius 3 is 2.76 bits per heavy atom. The Balaban J connectivity index is 2.13. The first kappa shape index (κ1) is 10.6. The molecule has 0 aliphatic heterocycles. The fourth-order valence-corrected chi connectivity index (χ4v) is 1.91. The van der Waals surface area contributed by atoms with E-state index < -0.39 is 0 Å². The van der Waals surface area contributed by atoms with Crippen molar-refractivity contribution in [3.8, 4) is 11.7 Å². The highest BCUT2D eigenvalue weighted by Gasteiger charge is 2.11. The number of aliphatic hydroxyl groups is 1. The lowest BCUT2D eigenvalue weighted by Gasteiger charge is -1.92. The van der Waals surface area contributed by atoms with Crippen molar-refractivity contribution in [2.24, 2.45) is 0 Å². The molecule has 0 unspecified atom stereocenters. The Morgan fingerprint density at radius 2 is 2.06 bits per heavy atom. The normalized spacial score (nSPS) is 11.2. The number of halogens is 1. The second-order valence-electron chi connectivity index (χ2n) is 3.58. The van der Waals surface area contributed by atoms with Gasteiger partial charge in [-0.2, -0.15) is 0 Å². The minimum atomic E-state index is -0.0156. The highest BCUT2D eigenvalue weighted by molar-refractivity contribution is 9.10. The summed E-state index contributed by atoms with van der Waals surface area (Å²) in [6.45, 7) is -0.0156. The third-order valence-electron chi connectivity index (χ3n) is 2.42. The topological polar surface area (TPSA) is 59.4 Å². The average molecular weight is 294 g/mol. The molecule has 5 heteroatoms. The average Bonchev–Trinajstić information content (AvgIpc) is 2.93. The van der Waals surface area contributed by atoms with Crippen LogP contribution in [0.25, 0.3) is 22.8 Å². The number of hydrogen-bond acceptors (Lipinski definition) is 4. The minimum absolute atomic E-state index is 0.0156. The fraction of sp³-hybridized carbons (Fsp3) is 0.0833. The summed E-state index contributed by atoms with van der Waals surface area (Å²) < 4.78 is 11.6. The van der Waals surface area contributed by atoms with Crippen molar-refractivity contribution in [1.82, 2.24) is 4.98 Å². The van der Waals surface area contributed by atoms with E-state index in [-0.39, 0.29) is 6.61 Å². The van der Waals surface area contributed by atoms with E-state index in [0.29, 0.717) is 21.9 Å². The predicted octanol–water partition coefficient (Wildman–Crippen LogP) is 3.34. The van der Waals surface area contributed by atoms with Gasteiger partial charge in [-0.05, 0) is 45.8 Å². The lowest BCUT2D eigenvalue weighted by Crippen LogP contribution is -1.80. The van der Waals surface area contributed by atoms with Crippen LogP contribution in [0.5, 0.6) is 0 Å². The maximum atomic E-state index is 9.04. The van der Waals surface area contributed by atoms with Gasteiger partial charge in [0.1, 0.15) is 5.52 Å². The summed E-state index contributed by atoms with van der Waals surface area (Å²) in [5.41, 5.74) is 2.17. The van der Waals surface area contributed by atoms with E-state index in [1.54, 1.807) is 18.2 Å². The van der Waals surface area contributed by atoms with Gasteiger partial charge >= 0.3 is 0 Å². The monoisotopic (exact) mass is 293 g/mol. The van der Waals surface area contributed by atoms with Crippen LogP contribution in [-0.2, 0) is 6.61 Å². The summed E-state index contributed by atoms with van der Waals surface area (Å²) in [6, 6.07) is 8.95. The van der Waals surface area contributed by atoms with Crippen molar-refractivity contribution in [2.45, 2.75) is 6.61 Å². The highest BCUT2D eigenvalue weighted by atomic mass is 79.9. The third-order valence-corrected chi connectivity index (χ3v) is 2.85. The number of aromatic nitrogens is 1. The first-order valence-electron chi connectivity index (χ1n) is 5.02. The number of benzene rings is 1. The largest absolute Gasteiger partial charge is 0.444 e. The molecule has 2 aromatic heterocycles. The number of aliphatic hydroxyl groups excluding tert-OH is 1. The molecular weight excluding hydrogens is 286 g/mol. The molecule has 1 aromatic carbocycles. The molecule has 0 bridgehead atoms. The van der Waals surface area contributed by atoms with Crippen LogP contribution >= 0.6 is 15.9 Å². The molecule has 0 aliphatic rings. The molecule has 86 valence electrons. The molecule has 2 heterocycles. The van der Waals surface area contributed by atoms with Gasteiger partial charge in [0.25, 0.3) is 5.89 Å². The summed E-state index contributed by atoms with van der Waals surface area (Å²) in [5, 5.41) is 9.04. The van der Waals surface area contributed by atoms with Crippen molar-refractivity contribution in [3.63, 3.8) is 0 Å². The van der Waals surface area contributed by atoms with E-state index in [2.05, 4.69) is 20.9 Å². The van der Waals surface area contributed by atoms with Crippen LogP contribution in [0.15, 0.2) is 43.8 Å². The Labute approximate surface area is 105 Å². The molecule has 4 nitrogen and oxygen atoms in total. The number of oxazole rings is 1. The molecular formula is C12H8BrNO3. The number of fused-ring (bicyclic) bond motifs is 1. The first-order chi connectivity index (χ1) is 8.26.